The molecule has 1 unspecified atom stereocenters. The van der Waals surface area contributed by atoms with Gasteiger partial charge in [-0.2, -0.15) is 4.98 Å². The average molecular weight is 271 g/mol. The van der Waals surface area contributed by atoms with Gasteiger partial charge in [0.25, 0.3) is 0 Å². The number of hydrogen-bond donors (Lipinski definition) is 2. The first kappa shape index (κ1) is 14.2. The highest BCUT2D eigenvalue weighted by Gasteiger charge is 2.06. The molecule has 0 spiro atoms. The summed E-state index contributed by atoms with van der Waals surface area (Å²) in [5.41, 5.74) is 9.57. The van der Waals surface area contributed by atoms with Gasteiger partial charge in [-0.05, 0) is 44.7 Å². The summed E-state index contributed by atoms with van der Waals surface area (Å²) in [7, 11) is 0. The van der Waals surface area contributed by atoms with Crippen molar-refractivity contribution in [3.63, 3.8) is 0 Å². The molecule has 0 aliphatic heterocycles. The number of rotatable bonds is 5. The summed E-state index contributed by atoms with van der Waals surface area (Å²) in [5.74, 6) is 0.773. The molecule has 0 radical (unpaired) electrons. The van der Waals surface area contributed by atoms with Gasteiger partial charge >= 0.3 is 0 Å². The lowest BCUT2D eigenvalue weighted by atomic mass is 9.99. The van der Waals surface area contributed by atoms with E-state index in [1.165, 1.54) is 23.0 Å². The average Bonchev–Trinajstić information content (AvgIpc) is 2.40. The van der Waals surface area contributed by atoms with Crippen molar-refractivity contribution in [1.29, 1.82) is 0 Å². The largest absolute Gasteiger partial charge is 0.368 e. The van der Waals surface area contributed by atoms with Gasteiger partial charge in [0, 0.05) is 6.04 Å². The maximum Gasteiger partial charge on any atom is 0.227 e. The van der Waals surface area contributed by atoms with Crippen molar-refractivity contribution in [3.8, 4) is 0 Å². The van der Waals surface area contributed by atoms with Crippen molar-refractivity contribution >= 4 is 11.9 Å². The second-order valence-corrected chi connectivity index (χ2v) is 5.18. The second kappa shape index (κ2) is 6.32. The van der Waals surface area contributed by atoms with Gasteiger partial charge in [-0.3, -0.25) is 0 Å². The molecule has 0 aliphatic rings. The maximum absolute atomic E-state index is 5.53. The first-order chi connectivity index (χ1) is 9.54. The first-order valence-corrected chi connectivity index (χ1v) is 6.82. The van der Waals surface area contributed by atoms with Crippen LogP contribution in [0, 0.1) is 13.8 Å². The van der Waals surface area contributed by atoms with E-state index in [1.54, 1.807) is 0 Å². The molecule has 1 aromatic carbocycles. The van der Waals surface area contributed by atoms with Crippen LogP contribution in [0.5, 0.6) is 0 Å². The third kappa shape index (κ3) is 3.91. The zero-order chi connectivity index (χ0) is 14.5. The highest BCUT2D eigenvalue weighted by atomic mass is 15.2. The van der Waals surface area contributed by atoms with E-state index in [1.807, 2.05) is 0 Å². The lowest BCUT2D eigenvalue weighted by Crippen LogP contribution is -2.18. The molecule has 20 heavy (non-hydrogen) atoms. The Morgan fingerprint density at radius 1 is 1.25 bits per heavy atom. The van der Waals surface area contributed by atoms with Crippen molar-refractivity contribution in [2.75, 3.05) is 11.1 Å². The van der Waals surface area contributed by atoms with E-state index < -0.39 is 0 Å². The Kier molecular flexibility index (Phi) is 4.50. The van der Waals surface area contributed by atoms with Crippen LogP contribution in [-0.4, -0.2) is 21.0 Å². The molecule has 1 aromatic heterocycles. The van der Waals surface area contributed by atoms with Gasteiger partial charge in [-0.15, -0.1) is 0 Å². The minimum absolute atomic E-state index is 0.240. The number of nitrogens with zero attached hydrogens (tertiary/aromatic N) is 3. The molecule has 0 saturated heterocycles. The van der Waals surface area contributed by atoms with Crippen molar-refractivity contribution < 1.29 is 0 Å². The van der Waals surface area contributed by atoms with Crippen LogP contribution in [0.15, 0.2) is 24.5 Å². The van der Waals surface area contributed by atoms with Crippen molar-refractivity contribution in [2.45, 2.75) is 39.7 Å². The molecule has 1 heterocycles. The van der Waals surface area contributed by atoms with Gasteiger partial charge in [0.2, 0.25) is 11.9 Å². The lowest BCUT2D eigenvalue weighted by Gasteiger charge is -2.14. The fourth-order valence-electron chi connectivity index (χ4n) is 2.11. The van der Waals surface area contributed by atoms with E-state index in [9.17, 15) is 0 Å². The molecule has 0 aliphatic carbocycles. The molecule has 2 aromatic rings. The van der Waals surface area contributed by atoms with Gasteiger partial charge < -0.3 is 11.1 Å². The minimum atomic E-state index is 0.240. The van der Waals surface area contributed by atoms with Gasteiger partial charge in [0.05, 0.1) is 0 Å². The van der Waals surface area contributed by atoms with Crippen LogP contribution in [0.1, 0.15) is 30.0 Å². The van der Waals surface area contributed by atoms with Gasteiger partial charge in [-0.1, -0.05) is 23.8 Å². The van der Waals surface area contributed by atoms with Gasteiger partial charge in [0.1, 0.15) is 6.33 Å². The Morgan fingerprint density at radius 2 is 2.05 bits per heavy atom. The number of hydrogen-bond acceptors (Lipinski definition) is 5. The molecule has 3 N–H and O–H groups in total. The Bertz CT molecular complexity index is 582. The Labute approximate surface area is 119 Å². The van der Waals surface area contributed by atoms with E-state index in [0.717, 1.165) is 12.8 Å². The highest BCUT2D eigenvalue weighted by molar-refractivity contribution is 5.32. The summed E-state index contributed by atoms with van der Waals surface area (Å²) in [5, 5.41) is 3.24. The van der Waals surface area contributed by atoms with Crippen LogP contribution in [0.4, 0.5) is 11.9 Å². The van der Waals surface area contributed by atoms with Gasteiger partial charge in [-0.25, -0.2) is 9.97 Å². The summed E-state index contributed by atoms with van der Waals surface area (Å²) in [6, 6.07) is 6.85. The number of nitrogens with two attached hydrogens (primary N) is 1. The Hall–Kier alpha value is -2.17. The van der Waals surface area contributed by atoms with Crippen molar-refractivity contribution in [1.82, 2.24) is 15.0 Å². The Morgan fingerprint density at radius 3 is 2.80 bits per heavy atom. The van der Waals surface area contributed by atoms with Crippen LogP contribution in [0.2, 0.25) is 0 Å². The fourth-order valence-corrected chi connectivity index (χ4v) is 2.11. The molecule has 0 fully saturated rings. The van der Waals surface area contributed by atoms with E-state index in [4.69, 9.17) is 5.73 Å². The number of nitrogen functional groups attached to an aromatic ring is 1. The van der Waals surface area contributed by atoms with E-state index in [-0.39, 0.29) is 12.0 Å². The summed E-state index contributed by atoms with van der Waals surface area (Å²) < 4.78 is 0. The lowest BCUT2D eigenvalue weighted by molar-refractivity contribution is 0.696. The molecular formula is C15H21N5. The molecule has 2 rings (SSSR count). The maximum atomic E-state index is 5.53. The summed E-state index contributed by atoms with van der Waals surface area (Å²) in [4.78, 5) is 11.9. The van der Waals surface area contributed by atoms with E-state index in [2.05, 4.69) is 59.2 Å². The van der Waals surface area contributed by atoms with Crippen molar-refractivity contribution in [3.05, 3.63) is 41.2 Å². The number of aromatic nitrogens is 3. The molecule has 5 heteroatoms. The van der Waals surface area contributed by atoms with Crippen LogP contribution in [-0.2, 0) is 6.42 Å². The van der Waals surface area contributed by atoms with E-state index >= 15 is 0 Å². The first-order valence-electron chi connectivity index (χ1n) is 6.82. The normalized spacial score (nSPS) is 12.2. The molecule has 5 nitrogen and oxygen atoms in total. The number of aryl methyl sites for hydroxylation is 3. The van der Waals surface area contributed by atoms with Crippen LogP contribution < -0.4 is 11.1 Å². The Balaban J connectivity index is 1.92. The van der Waals surface area contributed by atoms with Gasteiger partial charge in [0.15, 0.2) is 0 Å². The van der Waals surface area contributed by atoms with Crippen LogP contribution in [0.25, 0.3) is 0 Å². The summed E-state index contributed by atoms with van der Waals surface area (Å²) in [6.07, 6.45) is 3.46. The molecular weight excluding hydrogens is 250 g/mol. The third-order valence-electron chi connectivity index (χ3n) is 3.32. The smallest absolute Gasteiger partial charge is 0.227 e. The van der Waals surface area contributed by atoms with Crippen LogP contribution in [0.3, 0.4) is 0 Å². The second-order valence-electron chi connectivity index (χ2n) is 5.18. The predicted octanol–water partition coefficient (Wildman–Crippen LogP) is 2.50. The number of nitrogens with one attached hydrogen (secondary N) is 1. The topological polar surface area (TPSA) is 76.7 Å². The summed E-state index contributed by atoms with van der Waals surface area (Å²) in [6.45, 7) is 6.39. The quantitative estimate of drug-likeness (QED) is 0.873. The third-order valence-corrected chi connectivity index (χ3v) is 3.32. The molecule has 1 atom stereocenters. The highest BCUT2D eigenvalue weighted by Crippen LogP contribution is 2.14. The molecule has 0 amide bonds. The summed E-state index contributed by atoms with van der Waals surface area (Å²) >= 11 is 0. The number of anilines is 2. The monoisotopic (exact) mass is 271 g/mol. The van der Waals surface area contributed by atoms with Crippen LogP contribution >= 0.6 is 0 Å². The molecule has 106 valence electrons. The molecule has 0 saturated carbocycles. The zero-order valence-corrected chi connectivity index (χ0v) is 12.2. The zero-order valence-electron chi connectivity index (χ0n) is 12.2. The van der Waals surface area contributed by atoms with E-state index in [0.29, 0.717) is 5.95 Å². The minimum Gasteiger partial charge on any atom is -0.368 e. The standard InChI is InChI=1S/C15H21N5/c1-10-4-5-11(2)13(8-10)7-6-12(3)19-15-18-9-17-14(16)20-15/h4-5,8-9,12H,6-7H2,1-3H3,(H3,16,17,18,19,20). The van der Waals surface area contributed by atoms with Crippen molar-refractivity contribution in [2.24, 2.45) is 0 Å². The molecule has 0 bridgehead atoms. The SMILES string of the molecule is Cc1ccc(C)c(CCC(C)Nc2ncnc(N)n2)c1. The fraction of sp³-hybridized carbons (Fsp3) is 0.400. The predicted molar refractivity (Wildman–Crippen MR) is 81.6 cm³/mol. The number of benzene rings is 1.